The number of methoxy groups -OCH3 is 1. The van der Waals surface area contributed by atoms with Gasteiger partial charge >= 0.3 is 18.1 Å². The zero-order valence-corrected chi connectivity index (χ0v) is 13.7. The number of alkyl halides is 3. The average Bonchev–Trinajstić information content (AvgIpc) is 2.88. The monoisotopic (exact) mass is 358 g/mol. The summed E-state index contributed by atoms with van der Waals surface area (Å²) in [7, 11) is 1.23. The van der Waals surface area contributed by atoms with Crippen molar-refractivity contribution >= 4 is 17.5 Å². The number of hydrogen-bond donors (Lipinski definition) is 0. The molecular formula is C17H17F3O5. The SMILES string of the molecule is CCOC(=O)CCC1OC(=O)C(OC)=C1c1cccc(C(F)(F)F)c1. The number of ether oxygens (including phenoxy) is 3. The summed E-state index contributed by atoms with van der Waals surface area (Å²) in [5, 5.41) is 0. The van der Waals surface area contributed by atoms with Crippen LogP contribution in [-0.4, -0.2) is 31.8 Å². The van der Waals surface area contributed by atoms with Gasteiger partial charge in [-0.25, -0.2) is 4.79 Å². The molecule has 0 bridgehead atoms. The number of rotatable bonds is 6. The number of carbonyl (C=O) groups is 2. The Morgan fingerprint density at radius 1 is 1.32 bits per heavy atom. The first-order valence-electron chi connectivity index (χ1n) is 7.60. The van der Waals surface area contributed by atoms with E-state index >= 15 is 0 Å². The molecule has 0 radical (unpaired) electrons. The molecule has 0 N–H and O–H groups in total. The van der Waals surface area contributed by atoms with Gasteiger partial charge in [-0.1, -0.05) is 12.1 Å². The summed E-state index contributed by atoms with van der Waals surface area (Å²) >= 11 is 0. The molecule has 1 heterocycles. The minimum atomic E-state index is -4.52. The van der Waals surface area contributed by atoms with E-state index in [0.29, 0.717) is 0 Å². The fourth-order valence-electron chi connectivity index (χ4n) is 2.56. The largest absolute Gasteiger partial charge is 0.490 e. The molecule has 1 aromatic carbocycles. The smallest absolute Gasteiger partial charge is 0.416 e. The molecule has 1 aromatic rings. The van der Waals surface area contributed by atoms with Crippen molar-refractivity contribution in [1.29, 1.82) is 0 Å². The van der Waals surface area contributed by atoms with E-state index in [1.165, 1.54) is 19.2 Å². The molecule has 136 valence electrons. The lowest BCUT2D eigenvalue weighted by Gasteiger charge is -2.15. The second-order valence-electron chi connectivity index (χ2n) is 5.26. The molecule has 0 spiro atoms. The van der Waals surface area contributed by atoms with Crippen LogP contribution in [0.3, 0.4) is 0 Å². The molecule has 5 nitrogen and oxygen atoms in total. The second-order valence-corrected chi connectivity index (χ2v) is 5.26. The van der Waals surface area contributed by atoms with Gasteiger partial charge in [0, 0.05) is 12.0 Å². The maximum absolute atomic E-state index is 12.9. The fraction of sp³-hybridized carbons (Fsp3) is 0.412. The molecule has 0 aromatic heterocycles. The summed E-state index contributed by atoms with van der Waals surface area (Å²) < 4.78 is 53.8. The topological polar surface area (TPSA) is 61.8 Å². The number of cyclic esters (lactones) is 1. The van der Waals surface area contributed by atoms with Crippen molar-refractivity contribution < 1.29 is 37.0 Å². The van der Waals surface area contributed by atoms with Crippen LogP contribution in [0.5, 0.6) is 0 Å². The van der Waals surface area contributed by atoms with Crippen molar-refractivity contribution in [1.82, 2.24) is 0 Å². The predicted octanol–water partition coefficient (Wildman–Crippen LogP) is 3.33. The molecule has 1 unspecified atom stereocenters. The normalized spacial score (nSPS) is 17.5. The highest BCUT2D eigenvalue weighted by atomic mass is 19.4. The highest BCUT2D eigenvalue weighted by Gasteiger charge is 2.38. The number of esters is 2. The van der Waals surface area contributed by atoms with Gasteiger partial charge < -0.3 is 14.2 Å². The highest BCUT2D eigenvalue weighted by Crippen LogP contribution is 2.37. The zero-order chi connectivity index (χ0) is 18.6. The Kier molecular flexibility index (Phi) is 5.71. The summed E-state index contributed by atoms with van der Waals surface area (Å²) in [4.78, 5) is 23.4. The molecule has 0 saturated heterocycles. The van der Waals surface area contributed by atoms with E-state index in [-0.39, 0.29) is 36.3 Å². The second kappa shape index (κ2) is 7.58. The molecule has 8 heteroatoms. The molecule has 0 fully saturated rings. The van der Waals surface area contributed by atoms with Gasteiger partial charge in [0.2, 0.25) is 5.76 Å². The first kappa shape index (κ1) is 18.8. The van der Waals surface area contributed by atoms with Crippen LogP contribution in [-0.2, 0) is 30.0 Å². The third-order valence-electron chi connectivity index (χ3n) is 3.62. The van der Waals surface area contributed by atoms with E-state index in [4.69, 9.17) is 14.2 Å². The third kappa shape index (κ3) is 4.32. The van der Waals surface area contributed by atoms with Gasteiger partial charge in [0.1, 0.15) is 6.10 Å². The number of carbonyl (C=O) groups excluding carboxylic acids is 2. The van der Waals surface area contributed by atoms with Crippen LogP contribution in [0.15, 0.2) is 30.0 Å². The van der Waals surface area contributed by atoms with Crippen LogP contribution < -0.4 is 0 Å². The van der Waals surface area contributed by atoms with Gasteiger partial charge in [-0.2, -0.15) is 13.2 Å². The molecular weight excluding hydrogens is 341 g/mol. The van der Waals surface area contributed by atoms with Crippen molar-refractivity contribution in [3.8, 4) is 0 Å². The molecule has 0 aliphatic carbocycles. The molecule has 1 aliphatic heterocycles. The van der Waals surface area contributed by atoms with E-state index in [0.717, 1.165) is 12.1 Å². The minimum Gasteiger partial charge on any atom is -0.490 e. The van der Waals surface area contributed by atoms with E-state index in [1.807, 2.05) is 0 Å². The van der Waals surface area contributed by atoms with E-state index in [2.05, 4.69) is 0 Å². The lowest BCUT2D eigenvalue weighted by Crippen LogP contribution is -2.15. The summed E-state index contributed by atoms with van der Waals surface area (Å²) in [6.45, 7) is 1.87. The number of hydrogen-bond acceptors (Lipinski definition) is 5. The maximum atomic E-state index is 12.9. The summed E-state index contributed by atoms with van der Waals surface area (Å²) in [6, 6.07) is 4.53. The zero-order valence-electron chi connectivity index (χ0n) is 13.7. The van der Waals surface area contributed by atoms with Gasteiger partial charge in [0.05, 0.1) is 19.3 Å². The standard InChI is InChI=1S/C17H17F3O5/c1-3-24-13(21)8-7-12-14(15(23-2)16(22)25-12)10-5-4-6-11(9-10)17(18,19)20/h4-6,9,12H,3,7-8H2,1-2H3. The van der Waals surface area contributed by atoms with E-state index < -0.39 is 29.8 Å². The molecule has 0 amide bonds. The van der Waals surface area contributed by atoms with Crippen LogP contribution in [0.2, 0.25) is 0 Å². The highest BCUT2D eigenvalue weighted by molar-refractivity contribution is 6.01. The molecule has 1 aliphatic rings. The van der Waals surface area contributed by atoms with Gasteiger partial charge in [-0.15, -0.1) is 0 Å². The van der Waals surface area contributed by atoms with E-state index in [1.54, 1.807) is 6.92 Å². The van der Waals surface area contributed by atoms with Gasteiger partial charge in [-0.3, -0.25) is 4.79 Å². The first-order valence-corrected chi connectivity index (χ1v) is 7.60. The summed E-state index contributed by atoms with van der Waals surface area (Å²) in [6.07, 6.45) is -5.35. The van der Waals surface area contributed by atoms with Crippen LogP contribution in [0.25, 0.3) is 5.57 Å². The number of halogens is 3. The Balaban J connectivity index is 2.34. The number of benzene rings is 1. The van der Waals surface area contributed by atoms with Crippen molar-refractivity contribution in [3.63, 3.8) is 0 Å². The molecule has 0 saturated carbocycles. The Bertz CT molecular complexity index is 694. The Hall–Kier alpha value is -2.51. The van der Waals surface area contributed by atoms with Crippen molar-refractivity contribution in [3.05, 3.63) is 41.2 Å². The predicted molar refractivity (Wildman–Crippen MR) is 81.1 cm³/mol. The van der Waals surface area contributed by atoms with Gasteiger partial charge in [0.15, 0.2) is 0 Å². The Morgan fingerprint density at radius 3 is 2.64 bits per heavy atom. The van der Waals surface area contributed by atoms with Crippen molar-refractivity contribution in [2.45, 2.75) is 32.0 Å². The van der Waals surface area contributed by atoms with Crippen LogP contribution in [0.1, 0.15) is 30.9 Å². The van der Waals surface area contributed by atoms with Gasteiger partial charge in [-0.05, 0) is 31.0 Å². The fourth-order valence-corrected chi connectivity index (χ4v) is 2.56. The Labute approximate surface area is 142 Å². The van der Waals surface area contributed by atoms with Crippen LogP contribution in [0.4, 0.5) is 13.2 Å². The first-order chi connectivity index (χ1) is 11.8. The van der Waals surface area contributed by atoms with E-state index in [9.17, 15) is 22.8 Å². The third-order valence-corrected chi connectivity index (χ3v) is 3.62. The maximum Gasteiger partial charge on any atom is 0.416 e. The summed E-state index contributed by atoms with van der Waals surface area (Å²) in [5.41, 5.74) is -0.495. The minimum absolute atomic E-state index is 0.0365. The average molecular weight is 358 g/mol. The van der Waals surface area contributed by atoms with Crippen LogP contribution in [0, 0.1) is 0 Å². The van der Waals surface area contributed by atoms with Crippen LogP contribution >= 0.6 is 0 Å². The lowest BCUT2D eigenvalue weighted by molar-refractivity contribution is -0.147. The van der Waals surface area contributed by atoms with Crippen molar-refractivity contribution in [2.75, 3.05) is 13.7 Å². The lowest BCUT2D eigenvalue weighted by atomic mass is 9.96. The molecule has 25 heavy (non-hydrogen) atoms. The molecule has 1 atom stereocenters. The molecule has 2 rings (SSSR count). The Morgan fingerprint density at radius 2 is 2.04 bits per heavy atom. The summed E-state index contributed by atoms with van der Waals surface area (Å²) in [5.74, 6) is -1.41. The quantitative estimate of drug-likeness (QED) is 0.730. The van der Waals surface area contributed by atoms with Gasteiger partial charge in [0.25, 0.3) is 0 Å². The van der Waals surface area contributed by atoms with Crippen molar-refractivity contribution in [2.24, 2.45) is 0 Å².